The standard InChI is InChI=1S/C12H10FNO4/c1-18-11(15)8-3-2-5-9-6-4-7-10(12(9)13)14(16)17/h4,6-7H,3,8H2,1H3. The van der Waals surface area contributed by atoms with Gasteiger partial charge in [-0.3, -0.25) is 14.9 Å². The zero-order chi connectivity index (χ0) is 13.5. The molecule has 0 saturated carbocycles. The predicted octanol–water partition coefficient (Wildman–Crippen LogP) is 2.04. The second-order valence-corrected chi connectivity index (χ2v) is 3.27. The van der Waals surface area contributed by atoms with Crippen LogP contribution in [0.1, 0.15) is 18.4 Å². The molecule has 0 heterocycles. The third-order valence-corrected chi connectivity index (χ3v) is 2.08. The van der Waals surface area contributed by atoms with Crippen LogP contribution in [0.25, 0.3) is 0 Å². The molecule has 0 aromatic heterocycles. The Balaban J connectivity index is 2.80. The Morgan fingerprint density at radius 1 is 1.56 bits per heavy atom. The van der Waals surface area contributed by atoms with Crippen molar-refractivity contribution in [2.45, 2.75) is 12.8 Å². The molecule has 0 spiro atoms. The van der Waals surface area contributed by atoms with Gasteiger partial charge in [0.1, 0.15) is 0 Å². The minimum Gasteiger partial charge on any atom is -0.469 e. The van der Waals surface area contributed by atoms with E-state index in [9.17, 15) is 19.3 Å². The molecule has 0 atom stereocenters. The summed E-state index contributed by atoms with van der Waals surface area (Å²) in [6, 6.07) is 3.76. The van der Waals surface area contributed by atoms with Gasteiger partial charge in [0.25, 0.3) is 0 Å². The van der Waals surface area contributed by atoms with Gasteiger partial charge < -0.3 is 4.74 Å². The van der Waals surface area contributed by atoms with Crippen LogP contribution in [0.4, 0.5) is 10.1 Å². The Bertz CT molecular complexity index is 531. The molecule has 0 aliphatic heterocycles. The first kappa shape index (κ1) is 13.6. The van der Waals surface area contributed by atoms with Gasteiger partial charge in [-0.1, -0.05) is 17.9 Å². The monoisotopic (exact) mass is 251 g/mol. The van der Waals surface area contributed by atoms with Crippen molar-refractivity contribution in [1.82, 2.24) is 0 Å². The predicted molar refractivity (Wildman–Crippen MR) is 61.2 cm³/mol. The molecule has 0 radical (unpaired) electrons. The number of nitro groups is 1. The second kappa shape index (κ2) is 6.35. The van der Waals surface area contributed by atoms with Gasteiger partial charge in [-0.15, -0.1) is 0 Å². The molecule has 1 aromatic rings. The normalized spacial score (nSPS) is 9.22. The summed E-state index contributed by atoms with van der Waals surface area (Å²) in [5, 5.41) is 10.5. The summed E-state index contributed by atoms with van der Waals surface area (Å²) < 4.78 is 17.9. The minimum atomic E-state index is -0.965. The molecule has 0 unspecified atom stereocenters. The van der Waals surface area contributed by atoms with Gasteiger partial charge in [0, 0.05) is 12.5 Å². The van der Waals surface area contributed by atoms with Gasteiger partial charge in [-0.05, 0) is 6.07 Å². The van der Waals surface area contributed by atoms with Crippen LogP contribution in [0.2, 0.25) is 0 Å². The lowest BCUT2D eigenvalue weighted by Gasteiger charge is -1.96. The first-order valence-electron chi connectivity index (χ1n) is 5.05. The van der Waals surface area contributed by atoms with E-state index in [0.717, 1.165) is 6.07 Å². The van der Waals surface area contributed by atoms with Crippen LogP contribution in [0.15, 0.2) is 18.2 Å². The average molecular weight is 251 g/mol. The quantitative estimate of drug-likeness (QED) is 0.357. The maximum atomic E-state index is 13.5. The van der Waals surface area contributed by atoms with E-state index >= 15 is 0 Å². The Labute approximate surface area is 103 Å². The van der Waals surface area contributed by atoms with Crippen molar-refractivity contribution >= 4 is 11.7 Å². The fraction of sp³-hybridized carbons (Fsp3) is 0.250. The highest BCUT2D eigenvalue weighted by Crippen LogP contribution is 2.19. The van der Waals surface area contributed by atoms with Crippen LogP contribution in [0.3, 0.4) is 0 Å². The number of ether oxygens (including phenoxy) is 1. The number of nitrogens with zero attached hydrogens (tertiary/aromatic N) is 1. The Morgan fingerprint density at radius 3 is 2.89 bits per heavy atom. The van der Waals surface area contributed by atoms with E-state index in [1.165, 1.54) is 19.2 Å². The number of carbonyl (C=O) groups is 1. The fourth-order valence-corrected chi connectivity index (χ4v) is 1.18. The molecule has 1 rings (SSSR count). The number of nitro benzene ring substituents is 1. The molecule has 0 fully saturated rings. The van der Waals surface area contributed by atoms with Crippen LogP contribution in [-0.4, -0.2) is 18.0 Å². The number of halogens is 1. The molecule has 6 heteroatoms. The molecule has 0 amide bonds. The third-order valence-electron chi connectivity index (χ3n) is 2.08. The molecule has 18 heavy (non-hydrogen) atoms. The first-order chi connectivity index (χ1) is 8.56. The minimum absolute atomic E-state index is 0.0611. The number of hydrogen-bond donors (Lipinski definition) is 0. The smallest absolute Gasteiger partial charge is 0.306 e. The van der Waals surface area contributed by atoms with E-state index < -0.39 is 22.4 Å². The fourth-order valence-electron chi connectivity index (χ4n) is 1.18. The summed E-state index contributed by atoms with van der Waals surface area (Å²) in [6.07, 6.45) is 0.300. The number of benzene rings is 1. The van der Waals surface area contributed by atoms with Crippen molar-refractivity contribution in [3.63, 3.8) is 0 Å². The van der Waals surface area contributed by atoms with E-state index in [1.54, 1.807) is 0 Å². The number of rotatable bonds is 3. The van der Waals surface area contributed by atoms with Crippen LogP contribution >= 0.6 is 0 Å². The van der Waals surface area contributed by atoms with Crippen LogP contribution in [0, 0.1) is 27.8 Å². The summed E-state index contributed by atoms with van der Waals surface area (Å²) in [6.45, 7) is 0. The highest BCUT2D eigenvalue weighted by molar-refractivity contribution is 5.69. The molecular formula is C12H10FNO4. The highest BCUT2D eigenvalue weighted by atomic mass is 19.1. The highest BCUT2D eigenvalue weighted by Gasteiger charge is 2.15. The van der Waals surface area contributed by atoms with Crippen LogP contribution < -0.4 is 0 Å². The van der Waals surface area contributed by atoms with Gasteiger partial charge in [0.05, 0.1) is 24.0 Å². The van der Waals surface area contributed by atoms with Gasteiger partial charge in [-0.2, -0.15) is 4.39 Å². The van der Waals surface area contributed by atoms with Crippen molar-refractivity contribution in [2.24, 2.45) is 0 Å². The van der Waals surface area contributed by atoms with Crippen molar-refractivity contribution in [1.29, 1.82) is 0 Å². The zero-order valence-corrected chi connectivity index (χ0v) is 9.60. The van der Waals surface area contributed by atoms with Gasteiger partial charge in [0.15, 0.2) is 0 Å². The zero-order valence-electron chi connectivity index (χ0n) is 9.60. The van der Waals surface area contributed by atoms with Crippen LogP contribution in [0.5, 0.6) is 0 Å². The first-order valence-corrected chi connectivity index (χ1v) is 5.05. The van der Waals surface area contributed by atoms with Gasteiger partial charge in [0.2, 0.25) is 5.82 Å². The molecule has 0 saturated heterocycles. The Morgan fingerprint density at radius 2 is 2.28 bits per heavy atom. The lowest BCUT2D eigenvalue weighted by atomic mass is 10.2. The molecule has 5 nitrogen and oxygen atoms in total. The summed E-state index contributed by atoms with van der Waals surface area (Å²) in [5.41, 5.74) is -0.677. The molecule has 0 aliphatic rings. The number of hydrogen-bond acceptors (Lipinski definition) is 4. The van der Waals surface area contributed by atoms with Gasteiger partial charge >= 0.3 is 11.7 Å². The van der Waals surface area contributed by atoms with E-state index in [0.29, 0.717) is 0 Å². The maximum absolute atomic E-state index is 13.5. The number of carbonyl (C=O) groups excluding carboxylic acids is 1. The number of methoxy groups -OCH3 is 1. The van der Waals surface area contributed by atoms with Crippen molar-refractivity contribution < 1.29 is 18.8 Å². The summed E-state index contributed by atoms with van der Waals surface area (Å²) in [7, 11) is 1.26. The van der Waals surface area contributed by atoms with E-state index in [2.05, 4.69) is 16.6 Å². The Kier molecular flexibility index (Phi) is 4.81. The van der Waals surface area contributed by atoms with Crippen molar-refractivity contribution in [2.75, 3.05) is 7.11 Å². The van der Waals surface area contributed by atoms with E-state index in [4.69, 9.17) is 0 Å². The molecule has 1 aromatic carbocycles. The van der Waals surface area contributed by atoms with Crippen LogP contribution in [-0.2, 0) is 9.53 Å². The van der Waals surface area contributed by atoms with E-state index in [1.807, 2.05) is 0 Å². The molecule has 94 valence electrons. The van der Waals surface area contributed by atoms with E-state index in [-0.39, 0.29) is 18.4 Å². The van der Waals surface area contributed by atoms with Crippen molar-refractivity contribution in [3.8, 4) is 11.8 Å². The average Bonchev–Trinajstić information content (AvgIpc) is 2.35. The number of esters is 1. The van der Waals surface area contributed by atoms with Gasteiger partial charge in [-0.25, -0.2) is 0 Å². The van der Waals surface area contributed by atoms with Crippen molar-refractivity contribution in [3.05, 3.63) is 39.7 Å². The Hall–Kier alpha value is -2.42. The lowest BCUT2D eigenvalue weighted by molar-refractivity contribution is -0.387. The SMILES string of the molecule is COC(=O)CCC#Cc1cccc([N+](=O)[O-])c1F. The molecule has 0 N–H and O–H groups in total. The molecule has 0 bridgehead atoms. The largest absolute Gasteiger partial charge is 0.469 e. The summed E-state index contributed by atoms with van der Waals surface area (Å²) in [4.78, 5) is 20.5. The lowest BCUT2D eigenvalue weighted by Crippen LogP contribution is -1.98. The summed E-state index contributed by atoms with van der Waals surface area (Å²) in [5.74, 6) is 3.63. The summed E-state index contributed by atoms with van der Waals surface area (Å²) >= 11 is 0. The topological polar surface area (TPSA) is 69.4 Å². The molecule has 0 aliphatic carbocycles. The third kappa shape index (κ3) is 3.56. The second-order valence-electron chi connectivity index (χ2n) is 3.27. The maximum Gasteiger partial charge on any atom is 0.306 e. The molecular weight excluding hydrogens is 241 g/mol.